The zero-order valence-corrected chi connectivity index (χ0v) is 44.1. The van der Waals surface area contributed by atoms with Gasteiger partial charge in [0, 0.05) is 68.2 Å². The van der Waals surface area contributed by atoms with Crippen LogP contribution in [0.25, 0.3) is 44.2 Å². The van der Waals surface area contributed by atoms with Crippen LogP contribution in [0.5, 0.6) is 0 Å². The summed E-state index contributed by atoms with van der Waals surface area (Å²) in [5, 5.41) is 2.41. The van der Waals surface area contributed by atoms with Gasteiger partial charge in [0.1, 0.15) is 0 Å². The van der Waals surface area contributed by atoms with Crippen LogP contribution in [0.2, 0.25) is 0 Å². The molecule has 0 unspecified atom stereocenters. The van der Waals surface area contributed by atoms with Crippen molar-refractivity contribution in [2.24, 2.45) is 0 Å². The number of nitrogens with zero attached hydrogens (tertiary/aromatic N) is 4. The Morgan fingerprint density at radius 1 is 0.125 bits per heavy atom. The number of fused-ring (bicyclic) bond motifs is 1. The highest BCUT2D eigenvalue weighted by atomic mass is 15.2. The molecule has 13 aromatic carbocycles. The Kier molecular flexibility index (Phi) is 13.8. The predicted molar refractivity (Wildman–Crippen MR) is 339 cm³/mol. The zero-order valence-electron chi connectivity index (χ0n) is 44.1. The van der Waals surface area contributed by atoms with E-state index in [9.17, 15) is 0 Å². The highest BCUT2D eigenvalue weighted by Crippen LogP contribution is 2.42. The minimum atomic E-state index is 1.08. The molecule has 0 saturated carbocycles. The number of hydrogen-bond donors (Lipinski definition) is 0. The van der Waals surface area contributed by atoms with E-state index in [2.05, 4.69) is 359 Å². The lowest BCUT2D eigenvalue weighted by Gasteiger charge is -2.27. The molecule has 13 rings (SSSR count). The van der Waals surface area contributed by atoms with Gasteiger partial charge in [0.15, 0.2) is 0 Å². The molecule has 0 saturated heterocycles. The fourth-order valence-electron chi connectivity index (χ4n) is 10.8. The fraction of sp³-hybridized carbons (Fsp3) is 0. The molecule has 0 aliphatic rings. The monoisotopic (exact) mass is 1020 g/mol. The van der Waals surface area contributed by atoms with E-state index in [1.165, 1.54) is 10.8 Å². The molecule has 0 fully saturated rings. The molecule has 0 amide bonds. The highest BCUT2D eigenvalue weighted by molar-refractivity contribution is 5.90. The molecule has 80 heavy (non-hydrogen) atoms. The third kappa shape index (κ3) is 10.3. The van der Waals surface area contributed by atoms with Gasteiger partial charge < -0.3 is 19.6 Å². The first-order chi connectivity index (χ1) is 39.7. The molecule has 0 aliphatic carbocycles. The van der Waals surface area contributed by atoms with E-state index >= 15 is 0 Å². The third-order valence-electron chi connectivity index (χ3n) is 14.8. The number of rotatable bonds is 15. The first kappa shape index (κ1) is 48.9. The normalized spacial score (nSPS) is 11.0. The highest BCUT2D eigenvalue weighted by Gasteiger charge is 2.18. The summed E-state index contributed by atoms with van der Waals surface area (Å²) in [5.74, 6) is 0. The van der Waals surface area contributed by atoms with Crippen LogP contribution < -0.4 is 19.6 Å². The van der Waals surface area contributed by atoms with Crippen molar-refractivity contribution in [2.45, 2.75) is 0 Å². The van der Waals surface area contributed by atoms with E-state index in [1.54, 1.807) is 0 Å². The van der Waals surface area contributed by atoms with Gasteiger partial charge in [-0.15, -0.1) is 0 Å². The quantitative estimate of drug-likeness (QED) is 0.101. The van der Waals surface area contributed by atoms with E-state index in [0.717, 1.165) is 102 Å². The standard InChI is InChI=1S/C76H56N4/c1-6-20-65(21-7-1)77(66-22-8-2-9-23-66)70-43-30-58(31-44-70)60-34-47-72(48-35-60)79(69-28-14-5-15-29-69)73-49-36-61(37-50-73)63-40-53-75(54-41-63)80(76-55-42-57-18-16-17-19-64(57)56-76)74-51-38-62(39-52-74)59-32-45-71(46-33-59)78(67-24-10-3-11-25-67)68-26-12-4-13-27-68/h1-56H. The average Bonchev–Trinajstić information content (AvgIpc) is 3.55. The topological polar surface area (TPSA) is 13.0 Å². The average molecular weight is 1030 g/mol. The van der Waals surface area contributed by atoms with Crippen molar-refractivity contribution in [1.82, 2.24) is 0 Å². The fourth-order valence-corrected chi connectivity index (χ4v) is 10.8. The van der Waals surface area contributed by atoms with E-state index < -0.39 is 0 Å². The van der Waals surface area contributed by atoms with Crippen LogP contribution in [0.1, 0.15) is 0 Å². The molecule has 0 radical (unpaired) electrons. The number of anilines is 12. The van der Waals surface area contributed by atoms with Crippen LogP contribution >= 0.6 is 0 Å². The molecule has 0 N–H and O–H groups in total. The van der Waals surface area contributed by atoms with Gasteiger partial charge >= 0.3 is 0 Å². The SMILES string of the molecule is c1ccc(N(c2ccccc2)c2ccc(-c3ccc(N(c4ccccc4)c4ccc(-c5ccc(N(c6ccc(-c7ccc(N(c8ccccc8)c8ccccc8)cc7)cc6)c6ccc7ccccc7c6)cc5)cc4)cc3)cc2)cc1. The summed E-state index contributed by atoms with van der Waals surface area (Å²) >= 11 is 0. The molecule has 0 spiro atoms. The maximum Gasteiger partial charge on any atom is 0.0468 e. The van der Waals surface area contributed by atoms with Crippen molar-refractivity contribution in [2.75, 3.05) is 19.6 Å². The van der Waals surface area contributed by atoms with Gasteiger partial charge in [-0.05, 0) is 190 Å². The summed E-state index contributed by atoms with van der Waals surface area (Å²) < 4.78 is 0. The summed E-state index contributed by atoms with van der Waals surface area (Å²) in [7, 11) is 0. The largest absolute Gasteiger partial charge is 0.311 e. The van der Waals surface area contributed by atoms with Gasteiger partial charge in [0.25, 0.3) is 0 Å². The van der Waals surface area contributed by atoms with Gasteiger partial charge in [-0.3, -0.25) is 0 Å². The molecule has 380 valence electrons. The first-order valence-electron chi connectivity index (χ1n) is 27.2. The van der Waals surface area contributed by atoms with Crippen molar-refractivity contribution in [1.29, 1.82) is 0 Å². The predicted octanol–water partition coefficient (Wildman–Crippen LogP) is 21.7. The molecule has 4 nitrogen and oxygen atoms in total. The van der Waals surface area contributed by atoms with E-state index in [0.29, 0.717) is 0 Å². The van der Waals surface area contributed by atoms with Crippen LogP contribution in [0.15, 0.2) is 340 Å². The molecule has 13 aromatic rings. The lowest BCUT2D eigenvalue weighted by Crippen LogP contribution is -2.10. The van der Waals surface area contributed by atoms with Gasteiger partial charge in [0.05, 0.1) is 0 Å². The van der Waals surface area contributed by atoms with Crippen molar-refractivity contribution in [3.8, 4) is 33.4 Å². The Balaban J connectivity index is 0.758. The number of hydrogen-bond acceptors (Lipinski definition) is 4. The summed E-state index contributed by atoms with van der Waals surface area (Å²) in [4.78, 5) is 9.26. The van der Waals surface area contributed by atoms with Crippen LogP contribution in [-0.2, 0) is 0 Å². The van der Waals surface area contributed by atoms with Gasteiger partial charge in [0.2, 0.25) is 0 Å². The van der Waals surface area contributed by atoms with Crippen molar-refractivity contribution >= 4 is 79.0 Å². The molecule has 0 aliphatic heterocycles. The molecule has 4 heteroatoms. The molecular weight excluding hydrogens is 969 g/mol. The lowest BCUT2D eigenvalue weighted by atomic mass is 10.0. The summed E-state index contributed by atoms with van der Waals surface area (Å²) in [6.45, 7) is 0. The Morgan fingerprint density at radius 3 is 0.537 bits per heavy atom. The lowest BCUT2D eigenvalue weighted by molar-refractivity contribution is 1.28. The number of benzene rings is 13. The van der Waals surface area contributed by atoms with Gasteiger partial charge in [-0.2, -0.15) is 0 Å². The van der Waals surface area contributed by atoms with E-state index in [-0.39, 0.29) is 0 Å². The molecule has 0 bridgehead atoms. The maximum atomic E-state index is 2.35. The van der Waals surface area contributed by atoms with Crippen molar-refractivity contribution in [3.05, 3.63) is 340 Å². The maximum absolute atomic E-state index is 2.35. The van der Waals surface area contributed by atoms with Crippen molar-refractivity contribution < 1.29 is 0 Å². The number of para-hydroxylation sites is 5. The Bertz CT molecular complexity index is 4020. The van der Waals surface area contributed by atoms with Gasteiger partial charge in [-0.25, -0.2) is 0 Å². The molecule has 0 atom stereocenters. The second kappa shape index (κ2) is 22.5. The van der Waals surface area contributed by atoms with Crippen LogP contribution in [0.3, 0.4) is 0 Å². The Morgan fingerprint density at radius 2 is 0.300 bits per heavy atom. The third-order valence-corrected chi connectivity index (χ3v) is 14.8. The molecule has 0 aromatic heterocycles. The van der Waals surface area contributed by atoms with Crippen LogP contribution in [-0.4, -0.2) is 0 Å². The molecule has 0 heterocycles. The van der Waals surface area contributed by atoms with E-state index in [4.69, 9.17) is 0 Å². The van der Waals surface area contributed by atoms with Crippen LogP contribution in [0.4, 0.5) is 68.2 Å². The van der Waals surface area contributed by atoms with E-state index in [1.807, 2.05) is 0 Å². The smallest absolute Gasteiger partial charge is 0.0468 e. The zero-order chi connectivity index (χ0) is 53.5. The van der Waals surface area contributed by atoms with Gasteiger partial charge in [-0.1, -0.05) is 194 Å². The summed E-state index contributed by atoms with van der Waals surface area (Å²) in [6, 6.07) is 122. The molecular formula is C76H56N4. The Labute approximate surface area is 469 Å². The van der Waals surface area contributed by atoms with Crippen LogP contribution in [0, 0.1) is 0 Å². The first-order valence-corrected chi connectivity index (χ1v) is 27.2. The Hall–Kier alpha value is -10.7. The minimum Gasteiger partial charge on any atom is -0.311 e. The summed E-state index contributed by atoms with van der Waals surface area (Å²) in [6.07, 6.45) is 0. The minimum absolute atomic E-state index is 1.08. The summed E-state index contributed by atoms with van der Waals surface area (Å²) in [5.41, 5.74) is 20.1. The second-order valence-electron chi connectivity index (χ2n) is 19.8. The second-order valence-corrected chi connectivity index (χ2v) is 19.8. The van der Waals surface area contributed by atoms with Crippen molar-refractivity contribution in [3.63, 3.8) is 0 Å².